The van der Waals surface area contributed by atoms with Gasteiger partial charge in [-0.1, -0.05) is 13.8 Å². The Hall–Kier alpha value is -4.07. The number of hydrogen-bond acceptors (Lipinski definition) is 5. The van der Waals surface area contributed by atoms with Gasteiger partial charge in [0.05, 0.1) is 30.1 Å². The number of aromatic nitrogens is 2. The Kier molecular flexibility index (Phi) is 6.98. The molecule has 1 aliphatic carbocycles. The van der Waals surface area contributed by atoms with E-state index in [-0.39, 0.29) is 57.5 Å². The number of methoxy groups -OCH3 is 1. The van der Waals surface area contributed by atoms with Crippen LogP contribution in [-0.2, 0) is 18.0 Å². The number of fused-ring (bicyclic) bond motifs is 3. The number of nitriles is 1. The van der Waals surface area contributed by atoms with Crippen LogP contribution in [0.25, 0.3) is 11.0 Å². The standard InChI is InChI=1S/C29H30F3N5O3/c1-15(2)28(39)37-12-17-5-6-18(13-37)23(17)20-14-36(3)26-24(20)25(29(30,31)32)21(11-34-26)35-27(38)16-7-8-22(40-4)19(9-16)10-33/h7-9,11,14-15,17-18,23H,5-6,12-13H2,1-4H3,(H,35,38)/t17-,18?,23-/m0/s1. The quantitative estimate of drug-likeness (QED) is 0.460. The van der Waals surface area contributed by atoms with Gasteiger partial charge in [-0.25, -0.2) is 4.98 Å². The first-order valence-corrected chi connectivity index (χ1v) is 13.2. The Morgan fingerprint density at radius 1 is 1.20 bits per heavy atom. The van der Waals surface area contributed by atoms with Crippen molar-refractivity contribution in [3.63, 3.8) is 0 Å². The molecule has 210 valence electrons. The molecule has 3 atom stereocenters. The molecule has 2 aliphatic rings. The van der Waals surface area contributed by atoms with Crippen LogP contribution >= 0.6 is 0 Å². The molecule has 1 aromatic carbocycles. The van der Waals surface area contributed by atoms with E-state index in [1.165, 1.54) is 25.3 Å². The lowest BCUT2D eigenvalue weighted by atomic mass is 9.79. The number of benzene rings is 1. The zero-order chi connectivity index (χ0) is 28.9. The smallest absolute Gasteiger partial charge is 0.419 e. The minimum absolute atomic E-state index is 0.0130. The van der Waals surface area contributed by atoms with Crippen LogP contribution in [0.4, 0.5) is 18.9 Å². The van der Waals surface area contributed by atoms with Crippen LogP contribution in [0, 0.1) is 29.1 Å². The third kappa shape index (κ3) is 4.65. The highest BCUT2D eigenvalue weighted by Crippen LogP contribution is 2.52. The molecule has 2 bridgehead atoms. The predicted molar refractivity (Wildman–Crippen MR) is 142 cm³/mol. The summed E-state index contributed by atoms with van der Waals surface area (Å²) in [4.78, 5) is 31.9. The van der Waals surface area contributed by atoms with E-state index in [4.69, 9.17) is 4.74 Å². The number of rotatable bonds is 5. The summed E-state index contributed by atoms with van der Waals surface area (Å²) in [6.07, 6.45) is -0.378. The van der Waals surface area contributed by atoms with Crippen molar-refractivity contribution in [2.24, 2.45) is 24.8 Å². The number of amides is 2. The first-order chi connectivity index (χ1) is 18.9. The zero-order valence-corrected chi connectivity index (χ0v) is 22.7. The monoisotopic (exact) mass is 553 g/mol. The van der Waals surface area contributed by atoms with Crippen molar-refractivity contribution in [2.75, 3.05) is 25.5 Å². The second-order valence-corrected chi connectivity index (χ2v) is 10.9. The molecule has 8 nitrogen and oxygen atoms in total. The van der Waals surface area contributed by atoms with Gasteiger partial charge in [-0.3, -0.25) is 9.59 Å². The first-order valence-electron chi connectivity index (χ1n) is 13.2. The number of carbonyl (C=O) groups excluding carboxylic acids is 2. The van der Waals surface area contributed by atoms with E-state index in [0.29, 0.717) is 18.7 Å². The maximum atomic E-state index is 14.8. The van der Waals surface area contributed by atoms with Crippen LogP contribution < -0.4 is 10.1 Å². The molecule has 2 amide bonds. The minimum atomic E-state index is -4.79. The van der Waals surface area contributed by atoms with Gasteiger partial charge in [0, 0.05) is 43.2 Å². The van der Waals surface area contributed by atoms with Gasteiger partial charge in [0.2, 0.25) is 5.91 Å². The molecule has 2 fully saturated rings. The predicted octanol–water partition coefficient (Wildman–Crippen LogP) is 5.33. The van der Waals surface area contributed by atoms with Gasteiger partial charge in [-0.15, -0.1) is 0 Å². The number of nitrogens with one attached hydrogen (secondary N) is 1. The first kappa shape index (κ1) is 27.5. The molecule has 40 heavy (non-hydrogen) atoms. The van der Waals surface area contributed by atoms with Gasteiger partial charge in [0.1, 0.15) is 17.5 Å². The lowest BCUT2D eigenvalue weighted by molar-refractivity contribution is -0.137. The number of alkyl halides is 3. The fourth-order valence-electron chi connectivity index (χ4n) is 6.42. The lowest BCUT2D eigenvalue weighted by Crippen LogP contribution is -2.45. The molecule has 3 aromatic rings. The number of pyridine rings is 1. The van der Waals surface area contributed by atoms with Crippen LogP contribution in [-0.4, -0.2) is 46.5 Å². The van der Waals surface area contributed by atoms with Crippen molar-refractivity contribution in [1.82, 2.24) is 14.5 Å². The number of hydrogen-bond donors (Lipinski definition) is 1. The Morgan fingerprint density at radius 2 is 1.88 bits per heavy atom. The molecule has 1 N–H and O–H groups in total. The molecule has 2 aromatic heterocycles. The van der Waals surface area contributed by atoms with E-state index < -0.39 is 23.3 Å². The average Bonchev–Trinajstić information content (AvgIpc) is 3.37. The highest BCUT2D eigenvalue weighted by molar-refractivity contribution is 6.06. The summed E-state index contributed by atoms with van der Waals surface area (Å²) in [6.45, 7) is 4.73. The van der Waals surface area contributed by atoms with Crippen LogP contribution in [0.3, 0.4) is 0 Å². The van der Waals surface area contributed by atoms with Gasteiger partial charge >= 0.3 is 6.18 Å². The van der Waals surface area contributed by atoms with Gasteiger partial charge in [-0.05, 0) is 54.4 Å². The topological polar surface area (TPSA) is 100 Å². The number of halogens is 3. The Morgan fingerprint density at radius 3 is 2.45 bits per heavy atom. The van der Waals surface area contributed by atoms with Gasteiger partial charge in [0.15, 0.2) is 0 Å². The zero-order valence-electron chi connectivity index (χ0n) is 22.7. The third-order valence-electron chi connectivity index (χ3n) is 8.13. The van der Waals surface area contributed by atoms with Crippen LogP contribution in [0.5, 0.6) is 5.75 Å². The summed E-state index contributed by atoms with van der Waals surface area (Å²) >= 11 is 0. The molecule has 11 heteroatoms. The van der Waals surface area contributed by atoms with Gasteiger partial charge in [-0.2, -0.15) is 18.4 Å². The SMILES string of the molecule is COc1ccc(C(=O)Nc2cnc3c(c([C@@H]4C5CC[C@H]4CN(C(=O)C(C)C)C5)cn3C)c2C(F)(F)F)cc1C#N. The molecular formula is C29H30F3N5O3. The maximum Gasteiger partial charge on any atom is 0.419 e. The number of carbonyl (C=O) groups is 2. The van der Waals surface area contributed by atoms with E-state index in [2.05, 4.69) is 10.3 Å². The largest absolute Gasteiger partial charge is 0.495 e. The molecule has 0 radical (unpaired) electrons. The summed E-state index contributed by atoms with van der Waals surface area (Å²) in [5.74, 6) is -0.713. The number of piperidine rings is 1. The highest BCUT2D eigenvalue weighted by Gasteiger charge is 2.47. The summed E-state index contributed by atoms with van der Waals surface area (Å²) in [7, 11) is 3.04. The maximum absolute atomic E-state index is 14.8. The number of nitrogens with zero attached hydrogens (tertiary/aromatic N) is 4. The second kappa shape index (κ2) is 10.2. The highest BCUT2D eigenvalue weighted by atomic mass is 19.4. The van der Waals surface area contributed by atoms with Crippen molar-refractivity contribution >= 4 is 28.5 Å². The van der Waals surface area contributed by atoms with Crippen molar-refractivity contribution < 1.29 is 27.5 Å². The molecule has 1 saturated carbocycles. The summed E-state index contributed by atoms with van der Waals surface area (Å²) < 4.78 is 51.0. The van der Waals surface area contributed by atoms with Gasteiger partial charge in [0.25, 0.3) is 5.91 Å². The minimum Gasteiger partial charge on any atom is -0.495 e. The average molecular weight is 554 g/mol. The van der Waals surface area contributed by atoms with Crippen molar-refractivity contribution in [1.29, 1.82) is 5.26 Å². The number of likely N-dealkylation sites (tertiary alicyclic amines) is 1. The number of aryl methyl sites for hydroxylation is 1. The van der Waals surface area contributed by atoms with E-state index in [9.17, 15) is 28.0 Å². The Balaban J connectivity index is 1.57. The van der Waals surface area contributed by atoms with Crippen LogP contribution in [0.2, 0.25) is 0 Å². The number of ether oxygens (including phenoxy) is 1. The summed E-state index contributed by atoms with van der Waals surface area (Å²) in [6, 6.07) is 5.99. The van der Waals surface area contributed by atoms with Crippen molar-refractivity contribution in [3.05, 3.63) is 52.8 Å². The molecule has 0 spiro atoms. The molecule has 1 unspecified atom stereocenters. The van der Waals surface area contributed by atoms with Crippen molar-refractivity contribution in [2.45, 2.75) is 38.8 Å². The van der Waals surface area contributed by atoms with Crippen LogP contribution in [0.1, 0.15) is 59.7 Å². The second-order valence-electron chi connectivity index (χ2n) is 10.9. The Bertz CT molecular complexity index is 1520. The Labute approximate surface area is 229 Å². The fourth-order valence-corrected chi connectivity index (χ4v) is 6.42. The van der Waals surface area contributed by atoms with Crippen LogP contribution in [0.15, 0.2) is 30.6 Å². The summed E-state index contributed by atoms with van der Waals surface area (Å²) in [5, 5.41) is 11.7. The third-order valence-corrected chi connectivity index (χ3v) is 8.13. The van der Waals surface area contributed by atoms with E-state index >= 15 is 0 Å². The molecular weight excluding hydrogens is 523 g/mol. The molecule has 3 heterocycles. The number of anilines is 1. The van der Waals surface area contributed by atoms with E-state index in [0.717, 1.165) is 19.0 Å². The lowest BCUT2D eigenvalue weighted by Gasteiger charge is -2.39. The normalized spacial score (nSPS) is 20.6. The summed E-state index contributed by atoms with van der Waals surface area (Å²) in [5.41, 5.74) is -0.575. The molecule has 1 saturated heterocycles. The van der Waals surface area contributed by atoms with Gasteiger partial charge < -0.3 is 19.5 Å². The fraction of sp³-hybridized carbons (Fsp3) is 0.448. The van der Waals surface area contributed by atoms with E-state index in [1.807, 2.05) is 24.8 Å². The molecule has 1 aliphatic heterocycles. The van der Waals surface area contributed by atoms with Crippen molar-refractivity contribution in [3.8, 4) is 11.8 Å². The molecule has 5 rings (SSSR count). The van der Waals surface area contributed by atoms with E-state index in [1.54, 1.807) is 17.8 Å².